The molecule has 7 nitrogen and oxygen atoms in total. The molecule has 1 N–H and O–H groups in total. The van der Waals surface area contributed by atoms with Crippen LogP contribution >= 0.6 is 11.6 Å². The number of sulfonamides is 1. The van der Waals surface area contributed by atoms with Crippen molar-refractivity contribution in [2.24, 2.45) is 0 Å². The number of rotatable bonds is 13. The fourth-order valence-electron chi connectivity index (χ4n) is 4.21. The predicted molar refractivity (Wildman–Crippen MR) is 156 cm³/mol. The number of carbonyl (C=O) groups is 2. The quantitative estimate of drug-likeness (QED) is 0.260. The van der Waals surface area contributed by atoms with Gasteiger partial charge in [-0.25, -0.2) is 12.8 Å². The van der Waals surface area contributed by atoms with Crippen LogP contribution in [0.4, 0.5) is 10.1 Å². The van der Waals surface area contributed by atoms with Gasteiger partial charge in [-0.2, -0.15) is 0 Å². The molecule has 0 heterocycles. The summed E-state index contributed by atoms with van der Waals surface area (Å²) in [7, 11) is -4.19. The summed E-state index contributed by atoms with van der Waals surface area (Å²) in [6.45, 7) is 5.52. The Morgan fingerprint density at radius 3 is 2.27 bits per heavy atom. The highest BCUT2D eigenvalue weighted by Gasteiger charge is 2.33. The molecule has 10 heteroatoms. The lowest BCUT2D eigenvalue weighted by atomic mass is 10.1. The topological polar surface area (TPSA) is 86.8 Å². The van der Waals surface area contributed by atoms with Gasteiger partial charge in [-0.05, 0) is 67.8 Å². The number of nitrogens with one attached hydrogen (secondary N) is 1. The summed E-state index contributed by atoms with van der Waals surface area (Å²) < 4.78 is 42.3. The second-order valence-electron chi connectivity index (χ2n) is 9.52. The Kier molecular flexibility index (Phi) is 11.1. The maximum Gasteiger partial charge on any atom is 0.264 e. The third-order valence-corrected chi connectivity index (χ3v) is 8.49. The summed E-state index contributed by atoms with van der Waals surface area (Å²) in [6.07, 6.45) is 1.97. The van der Waals surface area contributed by atoms with Crippen molar-refractivity contribution in [3.63, 3.8) is 0 Å². The van der Waals surface area contributed by atoms with Crippen LogP contribution in [0.3, 0.4) is 0 Å². The first kappa shape index (κ1) is 31.1. The molecule has 0 fully saturated rings. The zero-order chi connectivity index (χ0) is 29.3. The number of carbonyl (C=O) groups excluding carboxylic acids is 2. The minimum absolute atomic E-state index is 0.00716. The van der Waals surface area contributed by atoms with Crippen molar-refractivity contribution in [3.05, 3.63) is 94.8 Å². The van der Waals surface area contributed by atoms with E-state index < -0.39 is 34.3 Å². The molecule has 0 bridgehead atoms. The van der Waals surface area contributed by atoms with Crippen molar-refractivity contribution >= 4 is 39.1 Å². The van der Waals surface area contributed by atoms with Gasteiger partial charge < -0.3 is 10.2 Å². The average Bonchev–Trinajstić information content (AvgIpc) is 2.93. The highest BCUT2D eigenvalue weighted by atomic mass is 35.5. The van der Waals surface area contributed by atoms with Crippen molar-refractivity contribution in [2.45, 2.75) is 57.5 Å². The summed E-state index contributed by atoms with van der Waals surface area (Å²) in [4.78, 5) is 28.5. The van der Waals surface area contributed by atoms with Gasteiger partial charge in [-0.1, -0.05) is 67.8 Å². The number of benzene rings is 3. The van der Waals surface area contributed by atoms with E-state index in [9.17, 15) is 22.4 Å². The minimum Gasteiger partial charge on any atom is -0.354 e. The molecule has 0 aliphatic rings. The molecule has 0 aliphatic heterocycles. The molecule has 1 atom stereocenters. The van der Waals surface area contributed by atoms with Crippen LogP contribution < -0.4 is 9.62 Å². The molecule has 2 amide bonds. The van der Waals surface area contributed by atoms with Crippen molar-refractivity contribution in [1.29, 1.82) is 0 Å². The van der Waals surface area contributed by atoms with Crippen LogP contribution in [0.5, 0.6) is 0 Å². The predicted octanol–water partition coefficient (Wildman–Crippen LogP) is 5.71. The number of halogens is 2. The van der Waals surface area contributed by atoms with Gasteiger partial charge in [0.05, 0.1) is 10.6 Å². The molecule has 3 aromatic carbocycles. The lowest BCUT2D eigenvalue weighted by molar-refractivity contribution is -0.140. The van der Waals surface area contributed by atoms with Crippen LogP contribution in [0.15, 0.2) is 77.7 Å². The third kappa shape index (κ3) is 8.05. The van der Waals surface area contributed by atoms with Gasteiger partial charge >= 0.3 is 0 Å². The SMILES string of the molecule is CCCCNC(=O)[C@@H](CC)N(Cc1ccc(F)cc1)C(=O)CN(c1cccc(Cl)c1)S(=O)(=O)c1ccc(C)cc1. The smallest absolute Gasteiger partial charge is 0.264 e. The fraction of sp³-hybridized carbons (Fsp3) is 0.333. The Morgan fingerprint density at radius 1 is 1.00 bits per heavy atom. The molecule has 3 rings (SSSR count). The number of amides is 2. The molecule has 0 aromatic heterocycles. The molecule has 0 unspecified atom stereocenters. The first-order valence-electron chi connectivity index (χ1n) is 13.2. The van der Waals surface area contributed by atoms with Crippen molar-refractivity contribution in [2.75, 3.05) is 17.4 Å². The number of hydrogen-bond acceptors (Lipinski definition) is 4. The first-order valence-corrected chi connectivity index (χ1v) is 15.0. The second-order valence-corrected chi connectivity index (χ2v) is 11.8. The Hall–Kier alpha value is -3.43. The Balaban J connectivity index is 2.03. The standard InChI is InChI=1S/C30H35ClFN3O4S/c1-4-6-18-33-30(37)28(5-2)34(20-23-12-14-25(32)15-13-23)29(36)21-35(26-9-7-8-24(31)19-26)40(38,39)27-16-10-22(3)11-17-27/h7-17,19,28H,4-6,18,20-21H2,1-3H3,(H,33,37)/t28-/m1/s1. The maximum absolute atomic E-state index is 14.0. The second kappa shape index (κ2) is 14.3. The van der Waals surface area contributed by atoms with Crippen LogP contribution in [0.1, 0.15) is 44.2 Å². The number of nitrogens with zero attached hydrogens (tertiary/aromatic N) is 2. The monoisotopic (exact) mass is 587 g/mol. The van der Waals surface area contributed by atoms with Gasteiger partial charge in [0.1, 0.15) is 18.4 Å². The normalized spacial score (nSPS) is 12.0. The number of hydrogen-bond donors (Lipinski definition) is 1. The van der Waals surface area contributed by atoms with Crippen LogP contribution in [0.25, 0.3) is 0 Å². The summed E-state index contributed by atoms with van der Waals surface area (Å²) in [5, 5.41) is 3.18. The first-order chi connectivity index (χ1) is 19.1. The highest BCUT2D eigenvalue weighted by Crippen LogP contribution is 2.27. The molecule has 0 aliphatic carbocycles. The Bertz CT molecular complexity index is 1400. The lowest BCUT2D eigenvalue weighted by Crippen LogP contribution is -2.52. The van der Waals surface area contributed by atoms with Gasteiger partial charge in [0, 0.05) is 18.1 Å². The molecule has 0 saturated carbocycles. The van der Waals surface area contributed by atoms with E-state index in [1.54, 1.807) is 37.3 Å². The van der Waals surface area contributed by atoms with E-state index in [2.05, 4.69) is 5.32 Å². The van der Waals surface area contributed by atoms with E-state index in [0.29, 0.717) is 23.6 Å². The highest BCUT2D eigenvalue weighted by molar-refractivity contribution is 7.92. The molecule has 0 spiro atoms. The van der Waals surface area contributed by atoms with E-state index in [-0.39, 0.29) is 23.0 Å². The number of aryl methyl sites for hydroxylation is 1. The van der Waals surface area contributed by atoms with Crippen molar-refractivity contribution in [3.8, 4) is 0 Å². The summed E-state index contributed by atoms with van der Waals surface area (Å²) in [5.41, 5.74) is 1.70. The van der Waals surface area contributed by atoms with E-state index in [1.165, 1.54) is 47.4 Å². The van der Waals surface area contributed by atoms with E-state index >= 15 is 0 Å². The van der Waals surface area contributed by atoms with Gasteiger partial charge in [-0.3, -0.25) is 13.9 Å². The van der Waals surface area contributed by atoms with E-state index in [4.69, 9.17) is 11.6 Å². The number of anilines is 1. The molecule has 0 radical (unpaired) electrons. The Morgan fingerprint density at radius 2 is 1.68 bits per heavy atom. The molecule has 40 heavy (non-hydrogen) atoms. The van der Waals surface area contributed by atoms with Crippen molar-refractivity contribution < 1.29 is 22.4 Å². The third-order valence-electron chi connectivity index (χ3n) is 6.47. The number of unbranched alkanes of at least 4 members (excludes halogenated alkanes) is 1. The molecular formula is C30H35ClFN3O4S. The molecule has 0 saturated heterocycles. The van der Waals surface area contributed by atoms with Gasteiger partial charge in [0.2, 0.25) is 11.8 Å². The van der Waals surface area contributed by atoms with Crippen LogP contribution in [-0.4, -0.2) is 44.3 Å². The minimum atomic E-state index is -4.19. The van der Waals surface area contributed by atoms with Crippen LogP contribution in [-0.2, 0) is 26.2 Å². The van der Waals surface area contributed by atoms with Crippen molar-refractivity contribution in [1.82, 2.24) is 10.2 Å². The van der Waals surface area contributed by atoms with E-state index in [1.807, 2.05) is 13.8 Å². The Labute approximate surface area is 241 Å². The van der Waals surface area contributed by atoms with Gasteiger partial charge in [0.15, 0.2) is 0 Å². The zero-order valence-electron chi connectivity index (χ0n) is 22.9. The van der Waals surface area contributed by atoms with E-state index in [0.717, 1.165) is 22.7 Å². The zero-order valence-corrected chi connectivity index (χ0v) is 24.5. The van der Waals surface area contributed by atoms with Crippen LogP contribution in [0, 0.1) is 12.7 Å². The fourth-order valence-corrected chi connectivity index (χ4v) is 5.80. The lowest BCUT2D eigenvalue weighted by Gasteiger charge is -2.33. The van der Waals surface area contributed by atoms with Gasteiger partial charge in [0.25, 0.3) is 10.0 Å². The maximum atomic E-state index is 14.0. The molecule has 3 aromatic rings. The largest absolute Gasteiger partial charge is 0.354 e. The van der Waals surface area contributed by atoms with Crippen LogP contribution in [0.2, 0.25) is 5.02 Å². The summed E-state index contributed by atoms with van der Waals surface area (Å²) in [6, 6.07) is 17.3. The molecule has 214 valence electrons. The van der Waals surface area contributed by atoms with Gasteiger partial charge in [-0.15, -0.1) is 0 Å². The average molecular weight is 588 g/mol. The molecular weight excluding hydrogens is 553 g/mol. The summed E-state index contributed by atoms with van der Waals surface area (Å²) >= 11 is 6.20. The summed E-state index contributed by atoms with van der Waals surface area (Å²) in [5.74, 6) is -1.35.